The maximum Gasteiger partial charge on any atom is 0.244 e. The van der Waals surface area contributed by atoms with Gasteiger partial charge in [-0.05, 0) is 42.8 Å². The van der Waals surface area contributed by atoms with Crippen LogP contribution in [0.25, 0.3) is 0 Å². The number of fused-ring (bicyclic) bond motifs is 1. The summed E-state index contributed by atoms with van der Waals surface area (Å²) in [7, 11) is 0. The van der Waals surface area contributed by atoms with E-state index in [9.17, 15) is 4.79 Å². The standard InChI is InChI=1S/C15H13BrN2O/c1-10-3-2-4-12(7-10)18-9-15(19)17-13-8-11(16)5-6-14(13)18/h2-8H,9H2,1H3,(H,17,19). The quantitative estimate of drug-likeness (QED) is 0.866. The van der Waals surface area contributed by atoms with E-state index in [4.69, 9.17) is 0 Å². The lowest BCUT2D eigenvalue weighted by molar-refractivity contribution is -0.115. The van der Waals surface area contributed by atoms with E-state index >= 15 is 0 Å². The van der Waals surface area contributed by atoms with Crippen LogP contribution in [0.3, 0.4) is 0 Å². The summed E-state index contributed by atoms with van der Waals surface area (Å²) >= 11 is 3.43. The van der Waals surface area contributed by atoms with E-state index in [2.05, 4.69) is 40.3 Å². The first-order valence-corrected chi connectivity index (χ1v) is 6.86. The molecule has 4 heteroatoms. The molecule has 2 aromatic rings. The number of nitrogens with one attached hydrogen (secondary N) is 1. The summed E-state index contributed by atoms with van der Waals surface area (Å²) in [6, 6.07) is 14.1. The summed E-state index contributed by atoms with van der Waals surface area (Å²) in [5, 5.41) is 2.90. The monoisotopic (exact) mass is 316 g/mol. The first-order chi connectivity index (χ1) is 9.13. The number of carbonyl (C=O) groups excluding carboxylic acids is 1. The summed E-state index contributed by atoms with van der Waals surface area (Å²) < 4.78 is 0.956. The number of hydrogen-bond acceptors (Lipinski definition) is 2. The maximum atomic E-state index is 11.8. The fraction of sp³-hybridized carbons (Fsp3) is 0.133. The predicted octanol–water partition coefficient (Wildman–Crippen LogP) is 3.85. The molecule has 1 amide bonds. The van der Waals surface area contributed by atoms with Gasteiger partial charge >= 0.3 is 0 Å². The highest BCUT2D eigenvalue weighted by atomic mass is 79.9. The van der Waals surface area contributed by atoms with Gasteiger partial charge < -0.3 is 10.2 Å². The fourth-order valence-corrected chi connectivity index (χ4v) is 2.65. The van der Waals surface area contributed by atoms with Crippen molar-refractivity contribution in [1.82, 2.24) is 0 Å². The zero-order valence-electron chi connectivity index (χ0n) is 10.5. The molecule has 0 aromatic heterocycles. The third-order valence-electron chi connectivity index (χ3n) is 3.14. The van der Waals surface area contributed by atoms with Crippen molar-refractivity contribution in [3.63, 3.8) is 0 Å². The molecule has 0 radical (unpaired) electrons. The highest BCUT2D eigenvalue weighted by Gasteiger charge is 2.23. The molecule has 19 heavy (non-hydrogen) atoms. The Morgan fingerprint density at radius 3 is 2.84 bits per heavy atom. The molecule has 96 valence electrons. The van der Waals surface area contributed by atoms with Gasteiger partial charge in [0.15, 0.2) is 0 Å². The lowest BCUT2D eigenvalue weighted by atomic mass is 10.1. The Hall–Kier alpha value is -1.81. The van der Waals surface area contributed by atoms with E-state index in [1.165, 1.54) is 5.56 Å². The minimum atomic E-state index is 0.00658. The SMILES string of the molecule is Cc1cccc(N2CC(=O)Nc3cc(Br)ccc32)c1. The molecule has 0 aliphatic carbocycles. The molecule has 0 atom stereocenters. The lowest BCUT2D eigenvalue weighted by Crippen LogP contribution is -2.35. The molecule has 3 nitrogen and oxygen atoms in total. The average Bonchev–Trinajstić information content (AvgIpc) is 2.37. The molecule has 0 saturated heterocycles. The van der Waals surface area contributed by atoms with E-state index in [0.29, 0.717) is 6.54 Å². The molecular formula is C15H13BrN2O. The first kappa shape index (κ1) is 12.2. The molecule has 0 unspecified atom stereocenters. The van der Waals surface area contributed by atoms with E-state index in [-0.39, 0.29) is 5.91 Å². The third kappa shape index (κ3) is 2.36. The number of rotatable bonds is 1. The smallest absolute Gasteiger partial charge is 0.244 e. The van der Waals surface area contributed by atoms with Crippen LogP contribution < -0.4 is 10.2 Å². The van der Waals surface area contributed by atoms with Gasteiger partial charge in [-0.2, -0.15) is 0 Å². The van der Waals surface area contributed by atoms with Gasteiger partial charge in [-0.1, -0.05) is 28.1 Å². The Morgan fingerprint density at radius 1 is 1.21 bits per heavy atom. The van der Waals surface area contributed by atoms with Crippen molar-refractivity contribution in [2.24, 2.45) is 0 Å². The van der Waals surface area contributed by atoms with Gasteiger partial charge in [-0.15, -0.1) is 0 Å². The molecule has 1 aliphatic rings. The average molecular weight is 317 g/mol. The summed E-state index contributed by atoms with van der Waals surface area (Å²) in [4.78, 5) is 13.9. The number of carbonyl (C=O) groups is 1. The van der Waals surface area contributed by atoms with E-state index in [0.717, 1.165) is 21.5 Å². The summed E-state index contributed by atoms with van der Waals surface area (Å²) in [5.41, 5.74) is 4.08. The molecule has 1 aliphatic heterocycles. The van der Waals surface area contributed by atoms with Crippen molar-refractivity contribution in [2.45, 2.75) is 6.92 Å². The van der Waals surface area contributed by atoms with Crippen LogP contribution in [-0.2, 0) is 4.79 Å². The Balaban J connectivity index is 2.11. The van der Waals surface area contributed by atoms with Crippen LogP contribution in [0.15, 0.2) is 46.9 Å². The van der Waals surface area contributed by atoms with E-state index in [1.807, 2.05) is 35.2 Å². The zero-order chi connectivity index (χ0) is 13.4. The number of aryl methyl sites for hydroxylation is 1. The fourth-order valence-electron chi connectivity index (χ4n) is 2.29. The molecule has 1 heterocycles. The van der Waals surface area contributed by atoms with E-state index < -0.39 is 0 Å². The maximum absolute atomic E-state index is 11.8. The van der Waals surface area contributed by atoms with Crippen LogP contribution in [0.2, 0.25) is 0 Å². The van der Waals surface area contributed by atoms with Crippen LogP contribution in [0.4, 0.5) is 17.1 Å². The number of nitrogens with zero attached hydrogens (tertiary/aromatic N) is 1. The molecule has 1 N–H and O–H groups in total. The van der Waals surface area contributed by atoms with Crippen molar-refractivity contribution in [2.75, 3.05) is 16.8 Å². The second-order valence-electron chi connectivity index (χ2n) is 4.63. The van der Waals surface area contributed by atoms with Crippen LogP contribution in [0.5, 0.6) is 0 Å². The van der Waals surface area contributed by atoms with E-state index in [1.54, 1.807) is 0 Å². The van der Waals surface area contributed by atoms with Crippen LogP contribution >= 0.6 is 15.9 Å². The predicted molar refractivity (Wildman–Crippen MR) is 81.0 cm³/mol. The van der Waals surface area contributed by atoms with Crippen LogP contribution in [0, 0.1) is 6.92 Å². The molecule has 0 spiro atoms. The Bertz CT molecular complexity index is 654. The number of anilines is 3. The normalized spacial score (nSPS) is 14.0. The number of hydrogen-bond donors (Lipinski definition) is 1. The summed E-state index contributed by atoms with van der Waals surface area (Å²) in [5.74, 6) is 0.00658. The molecule has 2 aromatic carbocycles. The number of benzene rings is 2. The first-order valence-electron chi connectivity index (χ1n) is 6.07. The highest BCUT2D eigenvalue weighted by molar-refractivity contribution is 9.10. The van der Waals surface area contributed by atoms with Crippen molar-refractivity contribution in [3.8, 4) is 0 Å². The molecular weight excluding hydrogens is 304 g/mol. The minimum absolute atomic E-state index is 0.00658. The van der Waals surface area contributed by atoms with Gasteiger partial charge in [-0.25, -0.2) is 0 Å². The second-order valence-corrected chi connectivity index (χ2v) is 5.55. The van der Waals surface area contributed by atoms with Gasteiger partial charge in [-0.3, -0.25) is 4.79 Å². The minimum Gasteiger partial charge on any atom is -0.330 e. The summed E-state index contributed by atoms with van der Waals surface area (Å²) in [6.07, 6.45) is 0. The van der Waals surface area contributed by atoms with Crippen molar-refractivity contribution in [3.05, 3.63) is 52.5 Å². The largest absolute Gasteiger partial charge is 0.330 e. The molecule has 0 saturated carbocycles. The van der Waals surface area contributed by atoms with Gasteiger partial charge in [0, 0.05) is 10.2 Å². The van der Waals surface area contributed by atoms with Crippen LogP contribution in [0.1, 0.15) is 5.56 Å². The van der Waals surface area contributed by atoms with Gasteiger partial charge in [0.05, 0.1) is 11.4 Å². The van der Waals surface area contributed by atoms with Crippen LogP contribution in [-0.4, -0.2) is 12.5 Å². The van der Waals surface area contributed by atoms with Gasteiger partial charge in [0.25, 0.3) is 0 Å². The highest BCUT2D eigenvalue weighted by Crippen LogP contribution is 2.36. The van der Waals surface area contributed by atoms with Gasteiger partial charge in [0.1, 0.15) is 6.54 Å². The third-order valence-corrected chi connectivity index (χ3v) is 3.63. The lowest BCUT2D eigenvalue weighted by Gasteiger charge is -2.31. The topological polar surface area (TPSA) is 32.3 Å². The molecule has 0 fully saturated rings. The zero-order valence-corrected chi connectivity index (χ0v) is 12.1. The Labute approximate surface area is 120 Å². The van der Waals surface area contributed by atoms with Crippen molar-refractivity contribution in [1.29, 1.82) is 0 Å². The van der Waals surface area contributed by atoms with Crippen molar-refractivity contribution < 1.29 is 4.79 Å². The Morgan fingerprint density at radius 2 is 2.05 bits per heavy atom. The molecule has 0 bridgehead atoms. The van der Waals surface area contributed by atoms with Gasteiger partial charge in [0.2, 0.25) is 5.91 Å². The number of halogens is 1. The Kier molecular flexibility index (Phi) is 3.03. The van der Waals surface area contributed by atoms with Crippen molar-refractivity contribution >= 4 is 38.9 Å². The second kappa shape index (κ2) is 4.70. The molecule has 3 rings (SSSR count). The summed E-state index contributed by atoms with van der Waals surface area (Å²) in [6.45, 7) is 2.40. The number of amides is 1.